The molecule has 0 bridgehead atoms. The van der Waals surface area contributed by atoms with E-state index < -0.39 is 0 Å². The molecular formula is C23H38O3. The Morgan fingerprint density at radius 1 is 0.962 bits per heavy atom. The van der Waals surface area contributed by atoms with Gasteiger partial charge in [-0.3, -0.25) is 4.79 Å². The normalized spacial score (nSPS) is 36.2. The van der Waals surface area contributed by atoms with Crippen LogP contribution in [0.3, 0.4) is 0 Å². The van der Waals surface area contributed by atoms with Gasteiger partial charge in [0.15, 0.2) is 0 Å². The monoisotopic (exact) mass is 362 g/mol. The topological polar surface area (TPSA) is 38.8 Å². The first-order chi connectivity index (χ1) is 12.5. The molecule has 2 aliphatic carbocycles. The van der Waals surface area contributed by atoms with Crippen molar-refractivity contribution in [2.24, 2.45) is 17.8 Å². The van der Waals surface area contributed by atoms with Gasteiger partial charge in [0.25, 0.3) is 0 Å². The van der Waals surface area contributed by atoms with Crippen molar-refractivity contribution in [2.75, 3.05) is 0 Å². The smallest absolute Gasteiger partial charge is 0.306 e. The number of esters is 1. The second-order valence-electron chi connectivity index (χ2n) is 9.27. The summed E-state index contributed by atoms with van der Waals surface area (Å²) >= 11 is 0. The minimum absolute atomic E-state index is 0.0231. The molecule has 1 aliphatic heterocycles. The SMILES string of the molecule is C=C(CCCCC(=O)OC1CCC2OC2C1)CCC1CCC(C)C(C)C1. The zero-order chi connectivity index (χ0) is 18.5. The van der Waals surface area contributed by atoms with Gasteiger partial charge in [-0.2, -0.15) is 0 Å². The summed E-state index contributed by atoms with van der Waals surface area (Å²) in [5, 5.41) is 0. The summed E-state index contributed by atoms with van der Waals surface area (Å²) in [6.45, 7) is 9.08. The lowest BCUT2D eigenvalue weighted by molar-refractivity contribution is -0.150. The van der Waals surface area contributed by atoms with Crippen molar-refractivity contribution in [2.45, 2.75) is 109 Å². The van der Waals surface area contributed by atoms with Crippen LogP contribution in [0.15, 0.2) is 12.2 Å². The maximum absolute atomic E-state index is 12.0. The Bertz CT molecular complexity index is 486. The van der Waals surface area contributed by atoms with Gasteiger partial charge >= 0.3 is 5.97 Å². The molecule has 148 valence electrons. The molecule has 0 aromatic rings. The highest BCUT2D eigenvalue weighted by Crippen LogP contribution is 2.38. The van der Waals surface area contributed by atoms with E-state index in [1.807, 2.05) is 0 Å². The highest BCUT2D eigenvalue weighted by molar-refractivity contribution is 5.69. The second-order valence-corrected chi connectivity index (χ2v) is 9.27. The Morgan fingerprint density at radius 3 is 2.54 bits per heavy atom. The van der Waals surface area contributed by atoms with Gasteiger partial charge in [-0.1, -0.05) is 38.8 Å². The molecule has 0 amide bonds. The zero-order valence-electron chi connectivity index (χ0n) is 16.9. The van der Waals surface area contributed by atoms with Crippen LogP contribution in [-0.4, -0.2) is 24.3 Å². The van der Waals surface area contributed by atoms with Crippen LogP contribution in [0.1, 0.15) is 90.9 Å². The van der Waals surface area contributed by atoms with E-state index in [0.29, 0.717) is 18.6 Å². The van der Waals surface area contributed by atoms with E-state index in [1.54, 1.807) is 0 Å². The molecule has 0 aromatic heterocycles. The van der Waals surface area contributed by atoms with Gasteiger partial charge < -0.3 is 9.47 Å². The largest absolute Gasteiger partial charge is 0.462 e. The number of carbonyl (C=O) groups excluding carboxylic acids is 1. The third kappa shape index (κ3) is 6.11. The number of hydrogen-bond donors (Lipinski definition) is 0. The fraction of sp³-hybridized carbons (Fsp3) is 0.870. The number of hydrogen-bond acceptors (Lipinski definition) is 3. The molecule has 3 nitrogen and oxygen atoms in total. The van der Waals surface area contributed by atoms with Crippen molar-refractivity contribution in [3.63, 3.8) is 0 Å². The summed E-state index contributed by atoms with van der Waals surface area (Å²) in [5.41, 5.74) is 1.37. The van der Waals surface area contributed by atoms with Crippen LogP contribution in [0.2, 0.25) is 0 Å². The van der Waals surface area contributed by atoms with Crippen LogP contribution in [0.25, 0.3) is 0 Å². The molecule has 0 N–H and O–H groups in total. The Labute approximate surface area is 159 Å². The Hall–Kier alpha value is -0.830. The van der Waals surface area contributed by atoms with Gasteiger partial charge in [-0.25, -0.2) is 0 Å². The summed E-state index contributed by atoms with van der Waals surface area (Å²) < 4.78 is 11.1. The number of ether oxygens (including phenoxy) is 2. The summed E-state index contributed by atoms with van der Waals surface area (Å²) in [4.78, 5) is 12.0. The molecule has 3 heteroatoms. The minimum Gasteiger partial charge on any atom is -0.462 e. The van der Waals surface area contributed by atoms with Gasteiger partial charge in [0.05, 0.1) is 12.2 Å². The highest BCUT2D eigenvalue weighted by Gasteiger charge is 2.44. The van der Waals surface area contributed by atoms with Gasteiger partial charge in [0.2, 0.25) is 0 Å². The van der Waals surface area contributed by atoms with E-state index in [1.165, 1.54) is 37.7 Å². The van der Waals surface area contributed by atoms with Crippen LogP contribution in [0.5, 0.6) is 0 Å². The molecular weight excluding hydrogens is 324 g/mol. The average Bonchev–Trinajstić information content (AvgIpc) is 3.38. The lowest BCUT2D eigenvalue weighted by Gasteiger charge is -2.32. The summed E-state index contributed by atoms with van der Waals surface area (Å²) in [6, 6.07) is 0. The molecule has 3 aliphatic rings. The summed E-state index contributed by atoms with van der Waals surface area (Å²) in [6.07, 6.45) is 14.2. The van der Waals surface area contributed by atoms with Crippen LogP contribution < -0.4 is 0 Å². The molecule has 0 spiro atoms. The standard InChI is InChI=1S/C23H38O3/c1-16(8-10-19-11-9-17(2)18(3)14-19)6-4-5-7-23(24)25-20-12-13-21-22(15-20)26-21/h17-22H,1,4-15H2,2-3H3. The van der Waals surface area contributed by atoms with E-state index in [-0.39, 0.29) is 12.1 Å². The number of allylic oxidation sites excluding steroid dienone is 1. The first kappa shape index (κ1) is 19.9. The van der Waals surface area contributed by atoms with Crippen LogP contribution >= 0.6 is 0 Å². The predicted molar refractivity (Wildman–Crippen MR) is 105 cm³/mol. The fourth-order valence-corrected chi connectivity index (χ4v) is 4.82. The zero-order valence-corrected chi connectivity index (χ0v) is 16.9. The van der Waals surface area contributed by atoms with E-state index in [9.17, 15) is 4.79 Å². The van der Waals surface area contributed by atoms with Gasteiger partial charge in [-0.15, -0.1) is 0 Å². The fourth-order valence-electron chi connectivity index (χ4n) is 4.82. The average molecular weight is 363 g/mol. The molecule has 6 unspecified atom stereocenters. The molecule has 1 heterocycles. The molecule has 0 radical (unpaired) electrons. The lowest BCUT2D eigenvalue weighted by atomic mass is 9.74. The Kier molecular flexibility index (Phi) is 7.19. The number of fused-ring (bicyclic) bond motifs is 1. The minimum atomic E-state index is -0.0231. The molecule has 3 rings (SSSR count). The van der Waals surface area contributed by atoms with Crippen molar-refractivity contribution < 1.29 is 14.3 Å². The van der Waals surface area contributed by atoms with E-state index >= 15 is 0 Å². The van der Waals surface area contributed by atoms with Crippen molar-refractivity contribution in [3.05, 3.63) is 12.2 Å². The van der Waals surface area contributed by atoms with Gasteiger partial charge in [0.1, 0.15) is 6.10 Å². The van der Waals surface area contributed by atoms with Crippen LogP contribution in [0, 0.1) is 17.8 Å². The third-order valence-corrected chi connectivity index (χ3v) is 7.03. The first-order valence-corrected chi connectivity index (χ1v) is 11.0. The Balaban J connectivity index is 1.20. The van der Waals surface area contributed by atoms with Gasteiger partial charge in [0, 0.05) is 12.8 Å². The van der Waals surface area contributed by atoms with Crippen molar-refractivity contribution in [1.82, 2.24) is 0 Å². The third-order valence-electron chi connectivity index (χ3n) is 7.03. The summed E-state index contributed by atoms with van der Waals surface area (Å²) in [5.74, 6) is 2.67. The molecule has 3 fully saturated rings. The first-order valence-electron chi connectivity index (χ1n) is 11.0. The molecule has 6 atom stereocenters. The molecule has 1 saturated heterocycles. The summed E-state index contributed by atoms with van der Waals surface area (Å²) in [7, 11) is 0. The second kappa shape index (κ2) is 9.39. The number of rotatable bonds is 9. The number of unbranched alkanes of at least 4 members (excludes halogenated alkanes) is 1. The Morgan fingerprint density at radius 2 is 1.77 bits per heavy atom. The highest BCUT2D eigenvalue weighted by atomic mass is 16.6. The maximum Gasteiger partial charge on any atom is 0.306 e. The number of carbonyl (C=O) groups is 1. The van der Waals surface area contributed by atoms with E-state index in [2.05, 4.69) is 20.4 Å². The van der Waals surface area contributed by atoms with Crippen molar-refractivity contribution in [1.29, 1.82) is 0 Å². The van der Waals surface area contributed by atoms with Gasteiger partial charge in [-0.05, 0) is 69.1 Å². The van der Waals surface area contributed by atoms with Crippen molar-refractivity contribution in [3.8, 4) is 0 Å². The van der Waals surface area contributed by atoms with E-state index in [4.69, 9.17) is 9.47 Å². The van der Waals surface area contributed by atoms with E-state index in [0.717, 1.165) is 56.3 Å². The molecule has 2 saturated carbocycles. The quantitative estimate of drug-likeness (QED) is 0.224. The maximum atomic E-state index is 12.0. The van der Waals surface area contributed by atoms with Crippen LogP contribution in [0.4, 0.5) is 0 Å². The predicted octanol–water partition coefficient (Wildman–Crippen LogP) is 5.82. The lowest BCUT2D eigenvalue weighted by Crippen LogP contribution is -2.24. The molecule has 26 heavy (non-hydrogen) atoms. The molecule has 0 aromatic carbocycles. The van der Waals surface area contributed by atoms with Crippen LogP contribution in [-0.2, 0) is 14.3 Å². The van der Waals surface area contributed by atoms with Crippen molar-refractivity contribution >= 4 is 5.97 Å². The number of epoxide rings is 1.